The van der Waals surface area contributed by atoms with Gasteiger partial charge in [-0.25, -0.2) is 13.1 Å². The van der Waals surface area contributed by atoms with Crippen LogP contribution < -0.4 is 10.5 Å². The van der Waals surface area contributed by atoms with Crippen LogP contribution in [-0.2, 0) is 15.4 Å². The predicted octanol–water partition coefficient (Wildman–Crippen LogP) is 2.42. The second-order valence-corrected chi connectivity index (χ2v) is 8.29. The smallest absolute Gasteiger partial charge is 0.240 e. The summed E-state index contributed by atoms with van der Waals surface area (Å²) in [5.41, 5.74) is 6.79. The van der Waals surface area contributed by atoms with Crippen LogP contribution in [0.25, 0.3) is 0 Å². The SMILES string of the molecule is CC(C)(C)c1ccc(S(=O)(=O)NC(CN)C2CC2)cc1.Cl. The fraction of sp³-hybridized carbons (Fsp3) is 0.600. The summed E-state index contributed by atoms with van der Waals surface area (Å²) in [6, 6.07) is 6.96. The molecule has 0 radical (unpaired) electrons. The maximum Gasteiger partial charge on any atom is 0.240 e. The van der Waals surface area contributed by atoms with Gasteiger partial charge in [0.2, 0.25) is 10.0 Å². The Bertz CT molecular complexity index is 560. The average molecular weight is 333 g/mol. The van der Waals surface area contributed by atoms with Gasteiger partial charge in [0, 0.05) is 12.6 Å². The normalized spacial score (nSPS) is 17.1. The third kappa shape index (κ3) is 4.68. The van der Waals surface area contributed by atoms with Crippen LogP contribution in [0.1, 0.15) is 39.2 Å². The fourth-order valence-electron chi connectivity index (χ4n) is 2.24. The number of sulfonamides is 1. The first-order chi connectivity index (χ1) is 9.24. The molecule has 6 heteroatoms. The second kappa shape index (κ2) is 6.65. The van der Waals surface area contributed by atoms with Crippen molar-refractivity contribution in [3.63, 3.8) is 0 Å². The molecule has 1 aromatic rings. The quantitative estimate of drug-likeness (QED) is 0.869. The molecule has 1 unspecified atom stereocenters. The van der Waals surface area contributed by atoms with E-state index in [-0.39, 0.29) is 23.9 Å². The van der Waals surface area contributed by atoms with Gasteiger partial charge in [-0.05, 0) is 41.9 Å². The summed E-state index contributed by atoms with van der Waals surface area (Å²) in [6.45, 7) is 6.66. The Labute approximate surface area is 134 Å². The number of nitrogens with one attached hydrogen (secondary N) is 1. The molecule has 1 aliphatic carbocycles. The summed E-state index contributed by atoms with van der Waals surface area (Å²) in [6.07, 6.45) is 2.13. The third-order valence-electron chi connectivity index (χ3n) is 3.78. The molecule has 1 saturated carbocycles. The van der Waals surface area contributed by atoms with E-state index >= 15 is 0 Å². The van der Waals surface area contributed by atoms with Crippen molar-refractivity contribution in [3.8, 4) is 0 Å². The minimum Gasteiger partial charge on any atom is -0.329 e. The van der Waals surface area contributed by atoms with Gasteiger partial charge in [-0.2, -0.15) is 0 Å². The molecular weight excluding hydrogens is 308 g/mol. The lowest BCUT2D eigenvalue weighted by Crippen LogP contribution is -2.41. The molecule has 4 nitrogen and oxygen atoms in total. The molecule has 120 valence electrons. The van der Waals surface area contributed by atoms with Crippen molar-refractivity contribution >= 4 is 22.4 Å². The zero-order chi connectivity index (χ0) is 15.0. The molecule has 0 amide bonds. The number of rotatable bonds is 5. The van der Waals surface area contributed by atoms with E-state index in [9.17, 15) is 8.42 Å². The van der Waals surface area contributed by atoms with Gasteiger partial charge in [0.1, 0.15) is 0 Å². The number of benzene rings is 1. The summed E-state index contributed by atoms with van der Waals surface area (Å²) in [5, 5.41) is 0. The number of hydrogen-bond acceptors (Lipinski definition) is 3. The molecule has 0 spiro atoms. The standard InChI is InChI=1S/C15H24N2O2S.ClH/c1-15(2,3)12-6-8-13(9-7-12)20(18,19)17-14(10-16)11-4-5-11;/h6-9,11,14,17H,4-5,10,16H2,1-3H3;1H. The minimum absolute atomic E-state index is 0. The monoisotopic (exact) mass is 332 g/mol. The van der Waals surface area contributed by atoms with Crippen LogP contribution in [0.4, 0.5) is 0 Å². The van der Waals surface area contributed by atoms with E-state index < -0.39 is 10.0 Å². The first kappa shape index (κ1) is 18.4. The highest BCUT2D eigenvalue weighted by Gasteiger charge is 2.33. The Kier molecular flexibility index (Phi) is 5.83. The largest absolute Gasteiger partial charge is 0.329 e. The first-order valence-electron chi connectivity index (χ1n) is 7.07. The fourth-order valence-corrected chi connectivity index (χ4v) is 3.55. The van der Waals surface area contributed by atoms with E-state index in [2.05, 4.69) is 25.5 Å². The molecule has 2 rings (SSSR count). The summed E-state index contributed by atoms with van der Waals surface area (Å²) >= 11 is 0. The second-order valence-electron chi connectivity index (χ2n) is 6.58. The lowest BCUT2D eigenvalue weighted by atomic mass is 9.87. The topological polar surface area (TPSA) is 72.2 Å². The van der Waals surface area contributed by atoms with Crippen LogP contribution in [0.2, 0.25) is 0 Å². The Morgan fingerprint density at radius 1 is 1.24 bits per heavy atom. The highest BCUT2D eigenvalue weighted by molar-refractivity contribution is 7.89. The van der Waals surface area contributed by atoms with E-state index in [1.165, 1.54) is 0 Å². The molecular formula is C15H25ClN2O2S. The molecule has 0 aliphatic heterocycles. The van der Waals surface area contributed by atoms with Gasteiger partial charge < -0.3 is 5.73 Å². The molecule has 1 aliphatic rings. The third-order valence-corrected chi connectivity index (χ3v) is 5.29. The molecule has 3 N–H and O–H groups in total. The van der Waals surface area contributed by atoms with Gasteiger partial charge >= 0.3 is 0 Å². The van der Waals surface area contributed by atoms with E-state index in [0.717, 1.165) is 18.4 Å². The molecule has 0 heterocycles. The predicted molar refractivity (Wildman–Crippen MR) is 88.3 cm³/mol. The summed E-state index contributed by atoms with van der Waals surface area (Å²) in [7, 11) is -3.47. The van der Waals surface area contributed by atoms with E-state index in [1.54, 1.807) is 12.1 Å². The first-order valence-corrected chi connectivity index (χ1v) is 8.55. The lowest BCUT2D eigenvalue weighted by molar-refractivity contribution is 0.519. The Hall–Kier alpha value is -0.620. The maximum absolute atomic E-state index is 12.3. The average Bonchev–Trinajstić information content (AvgIpc) is 3.19. The molecule has 0 bridgehead atoms. The van der Waals surface area contributed by atoms with Crippen molar-refractivity contribution in [2.24, 2.45) is 11.7 Å². The number of hydrogen-bond donors (Lipinski definition) is 2. The van der Waals surface area contributed by atoms with Crippen molar-refractivity contribution in [2.75, 3.05) is 6.54 Å². The molecule has 1 atom stereocenters. The van der Waals surface area contributed by atoms with Gasteiger partial charge in [-0.3, -0.25) is 0 Å². The van der Waals surface area contributed by atoms with Crippen LogP contribution >= 0.6 is 12.4 Å². The summed E-state index contributed by atoms with van der Waals surface area (Å²) in [5.74, 6) is 0.406. The van der Waals surface area contributed by atoms with E-state index in [4.69, 9.17) is 5.73 Å². The zero-order valence-electron chi connectivity index (χ0n) is 12.8. The summed E-state index contributed by atoms with van der Waals surface area (Å²) < 4.78 is 27.4. The van der Waals surface area contributed by atoms with Gasteiger partial charge in [0.25, 0.3) is 0 Å². The highest BCUT2D eigenvalue weighted by Crippen LogP contribution is 2.33. The minimum atomic E-state index is -3.47. The van der Waals surface area contributed by atoms with E-state index in [0.29, 0.717) is 17.4 Å². The molecule has 0 aromatic heterocycles. The maximum atomic E-state index is 12.3. The molecule has 1 aromatic carbocycles. The van der Waals surface area contributed by atoms with Crippen molar-refractivity contribution in [2.45, 2.75) is 50.0 Å². The van der Waals surface area contributed by atoms with Crippen LogP contribution in [0, 0.1) is 5.92 Å². The van der Waals surface area contributed by atoms with Crippen LogP contribution in [0.3, 0.4) is 0 Å². The van der Waals surface area contributed by atoms with E-state index in [1.807, 2.05) is 12.1 Å². The van der Waals surface area contributed by atoms with Crippen LogP contribution in [0.15, 0.2) is 29.2 Å². The zero-order valence-corrected chi connectivity index (χ0v) is 14.4. The van der Waals surface area contributed by atoms with Crippen LogP contribution in [-0.4, -0.2) is 21.0 Å². The highest BCUT2D eigenvalue weighted by atomic mass is 35.5. The Morgan fingerprint density at radius 2 is 1.76 bits per heavy atom. The van der Waals surface area contributed by atoms with Gasteiger partial charge in [0.15, 0.2) is 0 Å². The lowest BCUT2D eigenvalue weighted by Gasteiger charge is -2.20. The molecule has 0 saturated heterocycles. The summed E-state index contributed by atoms with van der Waals surface area (Å²) in [4.78, 5) is 0.310. The number of halogens is 1. The molecule has 21 heavy (non-hydrogen) atoms. The Balaban J connectivity index is 0.00000220. The van der Waals surface area contributed by atoms with Crippen molar-refractivity contribution in [1.82, 2.24) is 4.72 Å². The molecule has 1 fully saturated rings. The van der Waals surface area contributed by atoms with Gasteiger partial charge in [-0.1, -0.05) is 32.9 Å². The van der Waals surface area contributed by atoms with Crippen molar-refractivity contribution in [1.29, 1.82) is 0 Å². The van der Waals surface area contributed by atoms with Gasteiger partial charge in [0.05, 0.1) is 4.90 Å². The van der Waals surface area contributed by atoms with Crippen LogP contribution in [0.5, 0.6) is 0 Å². The van der Waals surface area contributed by atoms with Crippen molar-refractivity contribution < 1.29 is 8.42 Å². The van der Waals surface area contributed by atoms with Gasteiger partial charge in [-0.15, -0.1) is 12.4 Å². The Morgan fingerprint density at radius 3 is 2.14 bits per heavy atom. The number of nitrogens with two attached hydrogens (primary N) is 1. The van der Waals surface area contributed by atoms with Crippen molar-refractivity contribution in [3.05, 3.63) is 29.8 Å².